The maximum Gasteiger partial charge on any atom is 0.247 e. The lowest BCUT2D eigenvalue weighted by atomic mass is 9.88. The summed E-state index contributed by atoms with van der Waals surface area (Å²) in [5.74, 6) is 1.42. The number of aromatic amines is 1. The number of alkyl halides is 1. The van der Waals surface area contributed by atoms with Gasteiger partial charge in [-0.2, -0.15) is 0 Å². The fourth-order valence-electron chi connectivity index (χ4n) is 3.14. The Morgan fingerprint density at radius 3 is 2.11 bits per heavy atom. The summed E-state index contributed by atoms with van der Waals surface area (Å²) in [6, 6.07) is 18.3. The zero-order valence-corrected chi connectivity index (χ0v) is 16.4. The van der Waals surface area contributed by atoms with Gasteiger partial charge in [-0.3, -0.25) is 4.79 Å². The van der Waals surface area contributed by atoms with E-state index in [9.17, 15) is 9.90 Å². The van der Waals surface area contributed by atoms with Crippen molar-refractivity contribution in [1.29, 1.82) is 0 Å². The summed E-state index contributed by atoms with van der Waals surface area (Å²) in [6.45, 7) is 2.54. The molecule has 0 fully saturated rings. The van der Waals surface area contributed by atoms with Crippen molar-refractivity contribution >= 4 is 22.7 Å². The van der Waals surface area contributed by atoms with Crippen molar-refractivity contribution in [1.82, 2.24) is 4.98 Å². The van der Waals surface area contributed by atoms with Crippen LogP contribution in [0.5, 0.6) is 11.5 Å². The number of phenols is 1. The van der Waals surface area contributed by atoms with Gasteiger partial charge < -0.3 is 14.8 Å². The molecule has 144 valence electrons. The van der Waals surface area contributed by atoms with Gasteiger partial charge >= 0.3 is 0 Å². The van der Waals surface area contributed by atoms with Gasteiger partial charge in [0.25, 0.3) is 0 Å². The minimum Gasteiger partial charge on any atom is -0.508 e. The number of nitrogens with one attached hydrogen (secondary N) is 1. The first kappa shape index (κ1) is 19.8. The Morgan fingerprint density at radius 1 is 0.964 bits per heavy atom. The average molecular weight is 396 g/mol. The van der Waals surface area contributed by atoms with Crippen molar-refractivity contribution in [2.45, 2.75) is 13.3 Å². The van der Waals surface area contributed by atoms with Gasteiger partial charge in [0.2, 0.25) is 5.56 Å². The first-order valence-corrected chi connectivity index (χ1v) is 9.66. The van der Waals surface area contributed by atoms with Gasteiger partial charge in [0.15, 0.2) is 0 Å². The molecule has 5 heteroatoms. The lowest BCUT2D eigenvalue weighted by molar-refractivity contribution is 0.343. The van der Waals surface area contributed by atoms with Crippen LogP contribution in [0.3, 0.4) is 0 Å². The van der Waals surface area contributed by atoms with Gasteiger partial charge in [0, 0.05) is 12.3 Å². The van der Waals surface area contributed by atoms with Crippen molar-refractivity contribution in [3.05, 3.63) is 93.9 Å². The summed E-state index contributed by atoms with van der Waals surface area (Å²) in [5.41, 5.74) is 4.95. The normalized spacial score (nSPS) is 11.8. The number of hydrogen-bond donors (Lipinski definition) is 2. The van der Waals surface area contributed by atoms with Crippen LogP contribution in [-0.4, -0.2) is 22.6 Å². The van der Waals surface area contributed by atoms with E-state index in [1.165, 1.54) is 6.07 Å². The molecule has 2 aromatic carbocycles. The molecular weight excluding hydrogens is 374 g/mol. The SMILES string of the molecule is CCC(=C(c1ccc(O)cc1)c1ccc(OCCCl)cc1)c1ccc(=O)[nH]c1. The van der Waals surface area contributed by atoms with Crippen molar-refractivity contribution in [2.24, 2.45) is 0 Å². The molecule has 0 aliphatic carbocycles. The van der Waals surface area contributed by atoms with Crippen LogP contribution in [0.25, 0.3) is 11.1 Å². The van der Waals surface area contributed by atoms with E-state index in [0.717, 1.165) is 40.0 Å². The molecule has 3 rings (SSSR count). The highest BCUT2D eigenvalue weighted by Gasteiger charge is 2.13. The van der Waals surface area contributed by atoms with Crippen molar-refractivity contribution in [2.75, 3.05) is 12.5 Å². The maximum absolute atomic E-state index is 11.5. The predicted molar refractivity (Wildman–Crippen MR) is 114 cm³/mol. The third-order valence-corrected chi connectivity index (χ3v) is 4.59. The first-order chi connectivity index (χ1) is 13.6. The van der Waals surface area contributed by atoms with E-state index in [2.05, 4.69) is 11.9 Å². The Balaban J connectivity index is 2.15. The van der Waals surface area contributed by atoms with Crippen LogP contribution in [0.15, 0.2) is 71.7 Å². The molecule has 0 amide bonds. The fourth-order valence-corrected chi connectivity index (χ4v) is 3.22. The van der Waals surface area contributed by atoms with Crippen LogP contribution in [0.4, 0.5) is 0 Å². The molecule has 0 atom stereocenters. The summed E-state index contributed by atoms with van der Waals surface area (Å²) < 4.78 is 5.58. The molecule has 28 heavy (non-hydrogen) atoms. The van der Waals surface area contributed by atoms with Crippen molar-refractivity contribution in [3.8, 4) is 11.5 Å². The zero-order valence-electron chi connectivity index (χ0n) is 15.6. The van der Waals surface area contributed by atoms with E-state index in [4.69, 9.17) is 16.3 Å². The molecule has 0 aliphatic rings. The summed E-state index contributed by atoms with van der Waals surface area (Å²) in [4.78, 5) is 14.2. The van der Waals surface area contributed by atoms with Crippen molar-refractivity contribution < 1.29 is 9.84 Å². The Kier molecular flexibility index (Phi) is 6.56. The maximum atomic E-state index is 11.5. The molecule has 0 saturated heterocycles. The smallest absolute Gasteiger partial charge is 0.247 e. The summed E-state index contributed by atoms with van der Waals surface area (Å²) in [5, 5.41) is 9.69. The van der Waals surface area contributed by atoms with E-state index in [1.807, 2.05) is 42.5 Å². The Morgan fingerprint density at radius 2 is 1.57 bits per heavy atom. The molecular formula is C23H22ClNO3. The first-order valence-electron chi connectivity index (χ1n) is 9.13. The molecule has 1 heterocycles. The zero-order chi connectivity index (χ0) is 19.9. The van der Waals surface area contributed by atoms with E-state index in [0.29, 0.717) is 12.5 Å². The molecule has 0 unspecified atom stereocenters. The molecule has 0 spiro atoms. The fraction of sp³-hybridized carbons (Fsp3) is 0.174. The second-order valence-electron chi connectivity index (χ2n) is 6.26. The average Bonchev–Trinajstić information content (AvgIpc) is 2.73. The van der Waals surface area contributed by atoms with Crippen LogP contribution in [-0.2, 0) is 0 Å². The lowest BCUT2D eigenvalue weighted by Gasteiger charge is -2.16. The number of phenolic OH excluding ortho intramolecular Hbond substituents is 1. The molecule has 4 nitrogen and oxygen atoms in total. The topological polar surface area (TPSA) is 62.3 Å². The predicted octanol–water partition coefficient (Wildman–Crippen LogP) is 5.07. The standard InChI is InChI=1S/C23H22ClNO3/c1-2-21(18-7-12-22(27)25-15-18)23(16-3-8-19(26)9-4-16)17-5-10-20(11-6-17)28-14-13-24/h3-12,15,26H,2,13-14H2,1H3,(H,25,27). The minimum atomic E-state index is -0.133. The molecule has 0 aliphatic heterocycles. The minimum absolute atomic E-state index is 0.133. The lowest BCUT2D eigenvalue weighted by Crippen LogP contribution is -2.04. The number of rotatable bonds is 7. The number of H-pyrrole nitrogens is 1. The summed E-state index contributed by atoms with van der Waals surface area (Å²) >= 11 is 5.69. The van der Waals surface area contributed by atoms with E-state index in [1.54, 1.807) is 18.3 Å². The Labute approximate surface area is 169 Å². The van der Waals surface area contributed by atoms with E-state index >= 15 is 0 Å². The van der Waals surface area contributed by atoms with Crippen LogP contribution in [0.2, 0.25) is 0 Å². The number of hydrogen-bond acceptors (Lipinski definition) is 3. The van der Waals surface area contributed by atoms with Gasteiger partial charge in [-0.05, 0) is 64.6 Å². The van der Waals surface area contributed by atoms with Crippen LogP contribution in [0.1, 0.15) is 30.0 Å². The van der Waals surface area contributed by atoms with Gasteiger partial charge in [-0.15, -0.1) is 11.6 Å². The monoisotopic (exact) mass is 395 g/mol. The molecule has 2 N–H and O–H groups in total. The molecule has 0 saturated carbocycles. The summed E-state index contributed by atoms with van der Waals surface area (Å²) in [6.07, 6.45) is 2.51. The number of pyridine rings is 1. The number of ether oxygens (including phenoxy) is 1. The van der Waals surface area contributed by atoms with E-state index < -0.39 is 0 Å². The number of allylic oxidation sites excluding steroid dienone is 1. The third-order valence-electron chi connectivity index (χ3n) is 4.43. The second-order valence-corrected chi connectivity index (χ2v) is 6.64. The van der Waals surface area contributed by atoms with Gasteiger partial charge in [0.1, 0.15) is 18.1 Å². The van der Waals surface area contributed by atoms with Gasteiger partial charge in [-0.25, -0.2) is 0 Å². The quantitative estimate of drug-likeness (QED) is 0.549. The molecule has 3 aromatic rings. The number of aromatic nitrogens is 1. The largest absolute Gasteiger partial charge is 0.508 e. The molecule has 0 radical (unpaired) electrons. The third kappa shape index (κ3) is 4.65. The molecule has 1 aromatic heterocycles. The highest BCUT2D eigenvalue weighted by atomic mass is 35.5. The van der Waals surface area contributed by atoms with Crippen molar-refractivity contribution in [3.63, 3.8) is 0 Å². The second kappa shape index (κ2) is 9.29. The number of halogens is 1. The Bertz CT molecular complexity index is 985. The van der Waals surface area contributed by atoms with Crippen LogP contribution < -0.4 is 10.3 Å². The van der Waals surface area contributed by atoms with E-state index in [-0.39, 0.29) is 11.3 Å². The highest BCUT2D eigenvalue weighted by molar-refractivity contribution is 6.18. The number of benzene rings is 2. The van der Waals surface area contributed by atoms with Crippen LogP contribution >= 0.6 is 11.6 Å². The highest BCUT2D eigenvalue weighted by Crippen LogP contribution is 2.35. The number of aromatic hydroxyl groups is 1. The summed E-state index contributed by atoms with van der Waals surface area (Å²) in [7, 11) is 0. The van der Waals surface area contributed by atoms with Gasteiger partial charge in [0.05, 0.1) is 5.88 Å². The van der Waals surface area contributed by atoms with Gasteiger partial charge in [-0.1, -0.05) is 31.2 Å². The van der Waals surface area contributed by atoms with Crippen LogP contribution in [0, 0.1) is 0 Å². The Hall–Kier alpha value is -2.98. The molecule has 0 bridgehead atoms.